The van der Waals surface area contributed by atoms with E-state index in [0.29, 0.717) is 6.04 Å². The third-order valence-corrected chi connectivity index (χ3v) is 5.15. The quantitative estimate of drug-likeness (QED) is 0.837. The molecule has 2 atom stereocenters. The summed E-state index contributed by atoms with van der Waals surface area (Å²) < 4.78 is 6.03. The summed E-state index contributed by atoms with van der Waals surface area (Å²) in [6.45, 7) is 4.75. The van der Waals surface area contributed by atoms with E-state index in [9.17, 15) is 9.90 Å². The lowest BCUT2D eigenvalue weighted by Crippen LogP contribution is -2.51. The normalized spacial score (nSPS) is 37.5. The van der Waals surface area contributed by atoms with Gasteiger partial charge in [0.15, 0.2) is 0 Å². The highest BCUT2D eigenvalue weighted by atomic mass is 16.5. The van der Waals surface area contributed by atoms with E-state index in [1.54, 1.807) is 4.90 Å². The van der Waals surface area contributed by atoms with Crippen LogP contribution in [0.2, 0.25) is 0 Å². The Morgan fingerprint density at radius 2 is 1.76 bits per heavy atom. The SMILES string of the molecule is CC1CC(OCCC2CCC(N)CC2)CC(C)N1C(=O)O. The van der Waals surface area contributed by atoms with E-state index < -0.39 is 6.09 Å². The van der Waals surface area contributed by atoms with Crippen molar-refractivity contribution < 1.29 is 14.6 Å². The van der Waals surface area contributed by atoms with Gasteiger partial charge in [-0.15, -0.1) is 0 Å². The molecule has 21 heavy (non-hydrogen) atoms. The predicted octanol–water partition coefficient (Wildman–Crippen LogP) is 2.83. The minimum atomic E-state index is -0.813. The van der Waals surface area contributed by atoms with Crippen LogP contribution in [0.5, 0.6) is 0 Å². The maximum atomic E-state index is 11.2. The number of amides is 1. The second kappa shape index (κ2) is 7.45. The number of nitrogens with two attached hydrogens (primary N) is 1. The Kier molecular flexibility index (Phi) is 5.88. The summed E-state index contributed by atoms with van der Waals surface area (Å²) in [4.78, 5) is 12.8. The van der Waals surface area contributed by atoms with Gasteiger partial charge in [-0.2, -0.15) is 0 Å². The zero-order valence-electron chi connectivity index (χ0n) is 13.3. The van der Waals surface area contributed by atoms with Gasteiger partial charge in [0.1, 0.15) is 0 Å². The molecule has 0 aromatic heterocycles. The largest absolute Gasteiger partial charge is 0.465 e. The van der Waals surface area contributed by atoms with Crippen LogP contribution in [0.3, 0.4) is 0 Å². The Hall–Kier alpha value is -0.810. The van der Waals surface area contributed by atoms with E-state index in [0.717, 1.165) is 44.6 Å². The Morgan fingerprint density at radius 1 is 1.19 bits per heavy atom. The average Bonchev–Trinajstić information content (AvgIpc) is 2.40. The number of nitrogens with zero attached hydrogens (tertiary/aromatic N) is 1. The van der Waals surface area contributed by atoms with E-state index >= 15 is 0 Å². The fourth-order valence-corrected chi connectivity index (χ4v) is 3.91. The maximum absolute atomic E-state index is 11.2. The second-order valence-electron chi connectivity index (χ2n) is 6.92. The van der Waals surface area contributed by atoms with Crippen molar-refractivity contribution in [2.75, 3.05) is 6.61 Å². The molecule has 3 N–H and O–H groups in total. The summed E-state index contributed by atoms with van der Waals surface area (Å²) in [6, 6.07) is 0.497. The molecule has 122 valence electrons. The molecule has 1 saturated heterocycles. The summed E-state index contributed by atoms with van der Waals surface area (Å²) in [5.41, 5.74) is 5.93. The molecule has 2 aliphatic rings. The summed E-state index contributed by atoms with van der Waals surface area (Å²) >= 11 is 0. The van der Waals surface area contributed by atoms with Crippen molar-refractivity contribution in [3.05, 3.63) is 0 Å². The molecule has 0 aromatic carbocycles. The van der Waals surface area contributed by atoms with Gasteiger partial charge >= 0.3 is 6.09 Å². The second-order valence-corrected chi connectivity index (χ2v) is 6.92. The summed E-state index contributed by atoms with van der Waals surface area (Å²) in [5, 5.41) is 9.21. The fourth-order valence-electron chi connectivity index (χ4n) is 3.91. The molecule has 2 rings (SSSR count). The molecule has 0 aromatic rings. The van der Waals surface area contributed by atoms with Crippen molar-refractivity contribution in [3.8, 4) is 0 Å². The van der Waals surface area contributed by atoms with Gasteiger partial charge < -0.3 is 20.5 Å². The summed E-state index contributed by atoms with van der Waals surface area (Å²) in [6.07, 6.45) is 6.89. The summed E-state index contributed by atoms with van der Waals surface area (Å²) in [5.74, 6) is 0.763. The number of rotatable bonds is 4. The van der Waals surface area contributed by atoms with Crippen LogP contribution in [-0.4, -0.2) is 46.9 Å². The first-order valence-electron chi connectivity index (χ1n) is 8.35. The van der Waals surface area contributed by atoms with Crippen molar-refractivity contribution in [1.29, 1.82) is 0 Å². The predicted molar refractivity (Wildman–Crippen MR) is 82.3 cm³/mol. The van der Waals surface area contributed by atoms with Crippen molar-refractivity contribution >= 4 is 6.09 Å². The molecule has 1 amide bonds. The highest BCUT2D eigenvalue weighted by Crippen LogP contribution is 2.28. The van der Waals surface area contributed by atoms with Crippen LogP contribution in [0.1, 0.15) is 58.8 Å². The standard InChI is InChI=1S/C16H30N2O3/c1-11-9-15(10-12(2)18(11)16(19)20)21-8-7-13-3-5-14(17)6-4-13/h11-15H,3-10,17H2,1-2H3,(H,19,20). The van der Waals surface area contributed by atoms with Crippen LogP contribution in [0.25, 0.3) is 0 Å². The molecule has 0 spiro atoms. The van der Waals surface area contributed by atoms with Gasteiger partial charge in [-0.25, -0.2) is 4.79 Å². The minimum Gasteiger partial charge on any atom is -0.465 e. The van der Waals surface area contributed by atoms with Crippen LogP contribution in [0, 0.1) is 5.92 Å². The highest BCUT2D eigenvalue weighted by Gasteiger charge is 2.34. The lowest BCUT2D eigenvalue weighted by atomic mass is 9.85. The number of piperidine rings is 1. The molecule has 0 bridgehead atoms. The minimum absolute atomic E-state index is 0.0453. The number of carbonyl (C=O) groups is 1. The van der Waals surface area contributed by atoms with Crippen molar-refractivity contribution in [1.82, 2.24) is 4.90 Å². The Labute approximate surface area is 127 Å². The number of ether oxygens (including phenoxy) is 1. The molecule has 2 unspecified atom stereocenters. The van der Waals surface area contributed by atoms with Crippen LogP contribution >= 0.6 is 0 Å². The fraction of sp³-hybridized carbons (Fsp3) is 0.938. The Bertz CT molecular complexity index is 330. The van der Waals surface area contributed by atoms with Gasteiger partial charge in [-0.05, 0) is 64.7 Å². The number of hydrogen-bond donors (Lipinski definition) is 2. The van der Waals surface area contributed by atoms with E-state index in [1.165, 1.54) is 12.8 Å². The first-order valence-corrected chi connectivity index (χ1v) is 8.35. The topological polar surface area (TPSA) is 75.8 Å². The van der Waals surface area contributed by atoms with Gasteiger partial charge in [0.25, 0.3) is 0 Å². The monoisotopic (exact) mass is 298 g/mol. The van der Waals surface area contributed by atoms with Crippen LogP contribution < -0.4 is 5.73 Å². The molecule has 5 nitrogen and oxygen atoms in total. The third-order valence-electron chi connectivity index (χ3n) is 5.15. The molecule has 0 radical (unpaired) electrons. The van der Waals surface area contributed by atoms with Crippen LogP contribution in [0.4, 0.5) is 4.79 Å². The van der Waals surface area contributed by atoms with Crippen molar-refractivity contribution in [3.63, 3.8) is 0 Å². The zero-order chi connectivity index (χ0) is 15.4. The zero-order valence-corrected chi connectivity index (χ0v) is 13.3. The Morgan fingerprint density at radius 3 is 2.29 bits per heavy atom. The molecule has 1 aliphatic carbocycles. The van der Waals surface area contributed by atoms with Gasteiger partial charge in [-0.3, -0.25) is 0 Å². The van der Waals surface area contributed by atoms with Crippen LogP contribution in [-0.2, 0) is 4.74 Å². The first kappa shape index (κ1) is 16.6. The molecule has 2 fully saturated rings. The lowest BCUT2D eigenvalue weighted by molar-refractivity contribution is -0.0310. The molecule has 5 heteroatoms. The molecular formula is C16H30N2O3. The van der Waals surface area contributed by atoms with E-state index in [-0.39, 0.29) is 18.2 Å². The van der Waals surface area contributed by atoms with E-state index in [4.69, 9.17) is 10.5 Å². The van der Waals surface area contributed by atoms with Gasteiger partial charge in [0.2, 0.25) is 0 Å². The third kappa shape index (κ3) is 4.58. The number of carboxylic acid groups (broad SMARTS) is 1. The Balaban J connectivity index is 1.69. The lowest BCUT2D eigenvalue weighted by Gasteiger charge is -2.40. The molecule has 1 saturated carbocycles. The van der Waals surface area contributed by atoms with Crippen molar-refractivity contribution in [2.24, 2.45) is 11.7 Å². The smallest absolute Gasteiger partial charge is 0.407 e. The molecular weight excluding hydrogens is 268 g/mol. The van der Waals surface area contributed by atoms with Gasteiger partial charge in [-0.1, -0.05) is 0 Å². The van der Waals surface area contributed by atoms with E-state index in [2.05, 4.69) is 0 Å². The molecule has 1 aliphatic heterocycles. The number of likely N-dealkylation sites (tertiary alicyclic amines) is 1. The van der Waals surface area contributed by atoms with Gasteiger partial charge in [0, 0.05) is 24.7 Å². The highest BCUT2D eigenvalue weighted by molar-refractivity contribution is 5.66. The first-order chi connectivity index (χ1) is 9.97. The number of hydrogen-bond acceptors (Lipinski definition) is 3. The molecule has 1 heterocycles. The van der Waals surface area contributed by atoms with E-state index in [1.807, 2.05) is 13.8 Å². The summed E-state index contributed by atoms with van der Waals surface area (Å²) in [7, 11) is 0. The van der Waals surface area contributed by atoms with Crippen LogP contribution in [0.15, 0.2) is 0 Å². The van der Waals surface area contributed by atoms with Crippen molar-refractivity contribution in [2.45, 2.75) is 83.0 Å². The van der Waals surface area contributed by atoms with Gasteiger partial charge in [0.05, 0.1) is 6.10 Å². The average molecular weight is 298 g/mol. The maximum Gasteiger partial charge on any atom is 0.407 e.